The lowest BCUT2D eigenvalue weighted by atomic mass is 9.63. The summed E-state index contributed by atoms with van der Waals surface area (Å²) >= 11 is 0. The first kappa shape index (κ1) is 27.6. The summed E-state index contributed by atoms with van der Waals surface area (Å²) in [7, 11) is -3.80. The predicted molar refractivity (Wildman–Crippen MR) is 146 cm³/mol. The molecule has 1 heterocycles. The summed E-state index contributed by atoms with van der Waals surface area (Å²) < 4.78 is 33.5. The molecule has 4 atom stereocenters. The first-order valence-corrected chi connectivity index (χ1v) is 14.9. The van der Waals surface area contributed by atoms with Gasteiger partial charge in [-0.25, -0.2) is 17.5 Å². The maximum atomic E-state index is 13.8. The van der Waals surface area contributed by atoms with Gasteiger partial charge in [0.05, 0.1) is 29.5 Å². The molecule has 0 unspecified atom stereocenters. The molecule has 37 heavy (non-hydrogen) atoms. The number of amides is 1. The van der Waals surface area contributed by atoms with Gasteiger partial charge in [-0.15, -0.1) is 13.2 Å². The molecule has 7 heteroatoms. The van der Waals surface area contributed by atoms with Crippen LogP contribution in [0.25, 0.3) is 0 Å². The summed E-state index contributed by atoms with van der Waals surface area (Å²) in [6.45, 7) is 18.6. The largest absolute Gasteiger partial charge is 0.462 e. The van der Waals surface area contributed by atoms with E-state index in [0.717, 1.165) is 23.6 Å². The molecule has 1 aromatic rings. The number of hydrogen-bond donors (Lipinski definition) is 0. The lowest BCUT2D eigenvalue weighted by Crippen LogP contribution is -2.44. The Morgan fingerprint density at radius 3 is 2.41 bits per heavy atom. The molecule has 6 nitrogen and oxygen atoms in total. The van der Waals surface area contributed by atoms with Gasteiger partial charge >= 0.3 is 5.97 Å². The fourth-order valence-corrected chi connectivity index (χ4v) is 9.79. The van der Waals surface area contributed by atoms with E-state index >= 15 is 0 Å². The molecule has 0 N–H and O–H groups in total. The van der Waals surface area contributed by atoms with Crippen molar-refractivity contribution in [2.45, 2.75) is 72.8 Å². The zero-order valence-electron chi connectivity index (χ0n) is 22.9. The first-order valence-electron chi connectivity index (χ1n) is 13.2. The monoisotopic (exact) mass is 527 g/mol. The minimum Gasteiger partial charge on any atom is -0.462 e. The third-order valence-electron chi connectivity index (χ3n) is 10.5. The molecule has 1 saturated heterocycles. The lowest BCUT2D eigenvalue weighted by molar-refractivity contribution is 0.0377. The summed E-state index contributed by atoms with van der Waals surface area (Å²) in [5.74, 6) is -0.863. The van der Waals surface area contributed by atoms with Crippen LogP contribution in [0.5, 0.6) is 0 Å². The van der Waals surface area contributed by atoms with Crippen molar-refractivity contribution < 1.29 is 22.7 Å². The Morgan fingerprint density at radius 2 is 1.81 bits per heavy atom. The predicted octanol–water partition coefficient (Wildman–Crippen LogP) is 6.01. The molecule has 1 amide bonds. The van der Waals surface area contributed by atoms with Gasteiger partial charge in [0.25, 0.3) is 5.91 Å². The first-order chi connectivity index (χ1) is 17.2. The van der Waals surface area contributed by atoms with E-state index in [0.29, 0.717) is 18.8 Å². The van der Waals surface area contributed by atoms with E-state index in [4.69, 9.17) is 4.74 Å². The number of hydrogen-bond acceptors (Lipinski definition) is 5. The number of benzene rings is 1. The number of allylic oxidation sites excluding steroid dienone is 2. The summed E-state index contributed by atoms with van der Waals surface area (Å²) in [6.07, 6.45) is 7.61. The molecule has 0 aromatic heterocycles. The molecule has 1 aromatic carbocycles. The van der Waals surface area contributed by atoms with Crippen molar-refractivity contribution in [3.63, 3.8) is 0 Å². The highest BCUT2D eigenvalue weighted by atomic mass is 32.2. The lowest BCUT2D eigenvalue weighted by Gasteiger charge is -2.42. The molecule has 1 spiro atoms. The van der Waals surface area contributed by atoms with E-state index in [1.807, 2.05) is 12.2 Å². The van der Waals surface area contributed by atoms with E-state index < -0.39 is 27.3 Å². The Hall–Kier alpha value is -2.41. The number of fused-ring (bicyclic) bond motifs is 1. The molecule has 3 aliphatic rings. The van der Waals surface area contributed by atoms with Crippen LogP contribution in [0.3, 0.4) is 0 Å². The number of carbonyl (C=O) groups is 2. The molecular weight excluding hydrogens is 486 g/mol. The van der Waals surface area contributed by atoms with Gasteiger partial charge in [0.15, 0.2) is 0 Å². The average molecular weight is 528 g/mol. The van der Waals surface area contributed by atoms with Crippen molar-refractivity contribution >= 4 is 21.9 Å². The molecule has 2 bridgehead atoms. The van der Waals surface area contributed by atoms with Crippen LogP contribution >= 0.6 is 0 Å². The minimum atomic E-state index is -3.80. The van der Waals surface area contributed by atoms with Gasteiger partial charge in [0.2, 0.25) is 10.0 Å². The Balaban J connectivity index is 1.55. The van der Waals surface area contributed by atoms with Gasteiger partial charge in [-0.1, -0.05) is 58.9 Å². The number of esters is 1. The summed E-state index contributed by atoms with van der Waals surface area (Å²) in [6, 6.07) is 6.02. The van der Waals surface area contributed by atoms with Crippen LogP contribution in [-0.2, 0) is 14.8 Å². The van der Waals surface area contributed by atoms with Gasteiger partial charge < -0.3 is 4.74 Å². The van der Waals surface area contributed by atoms with Gasteiger partial charge in [-0.05, 0) is 66.4 Å². The van der Waals surface area contributed by atoms with E-state index in [1.54, 1.807) is 12.1 Å². The second-order valence-corrected chi connectivity index (χ2v) is 14.5. The van der Waals surface area contributed by atoms with Crippen LogP contribution in [0.2, 0.25) is 0 Å². The Labute approximate surface area is 222 Å². The normalized spacial score (nSPS) is 28.8. The fraction of sp³-hybridized carbons (Fsp3) is 0.600. The molecule has 1 aliphatic heterocycles. The van der Waals surface area contributed by atoms with Gasteiger partial charge in [0.1, 0.15) is 0 Å². The van der Waals surface area contributed by atoms with Crippen LogP contribution in [0.1, 0.15) is 87.4 Å². The van der Waals surface area contributed by atoms with E-state index in [9.17, 15) is 18.0 Å². The van der Waals surface area contributed by atoms with Crippen LogP contribution in [0, 0.1) is 27.6 Å². The average Bonchev–Trinajstić information content (AvgIpc) is 3.31. The molecule has 2 aliphatic carbocycles. The smallest absolute Gasteiger partial charge is 0.338 e. The standard InChI is InChI=1S/C30H41NO5S/c1-8-15-27(3,4)29(7,9-2)17-18-36-26(33)23-13-11-10-12-22(23)25(32)31-24-19-21-14-16-30(24,28(21,5)6)20-37(31,34)35/h8-13,21,24H,1-2,14-20H2,3-7H3/t21-,24-,29+,30-/m1/s1. The summed E-state index contributed by atoms with van der Waals surface area (Å²) in [5.41, 5.74) is -0.831. The van der Waals surface area contributed by atoms with E-state index in [-0.39, 0.29) is 45.8 Å². The second-order valence-electron chi connectivity index (χ2n) is 12.7. The number of nitrogens with zero attached hydrogens (tertiary/aromatic N) is 1. The van der Waals surface area contributed by atoms with E-state index in [1.165, 1.54) is 12.1 Å². The molecular formula is C30H41NO5S. The Bertz CT molecular complexity index is 1230. The van der Waals surface area contributed by atoms with Gasteiger partial charge in [0, 0.05) is 5.41 Å². The molecule has 4 rings (SSSR count). The van der Waals surface area contributed by atoms with Crippen molar-refractivity contribution in [2.24, 2.45) is 27.6 Å². The highest BCUT2D eigenvalue weighted by Gasteiger charge is 2.72. The maximum absolute atomic E-state index is 13.8. The highest BCUT2D eigenvalue weighted by molar-refractivity contribution is 7.90. The zero-order chi connectivity index (χ0) is 27.4. The number of rotatable bonds is 9. The van der Waals surface area contributed by atoms with Crippen molar-refractivity contribution in [3.8, 4) is 0 Å². The van der Waals surface area contributed by atoms with Crippen LogP contribution < -0.4 is 0 Å². The minimum absolute atomic E-state index is 0.00680. The van der Waals surface area contributed by atoms with Crippen molar-refractivity contribution in [3.05, 3.63) is 60.7 Å². The second kappa shape index (κ2) is 9.11. The Morgan fingerprint density at radius 1 is 1.16 bits per heavy atom. The Kier molecular flexibility index (Phi) is 6.80. The van der Waals surface area contributed by atoms with Gasteiger partial charge in [-0.3, -0.25) is 4.79 Å². The molecule has 0 radical (unpaired) electrons. The maximum Gasteiger partial charge on any atom is 0.338 e. The third-order valence-corrected chi connectivity index (χ3v) is 12.4. The van der Waals surface area contributed by atoms with Crippen LogP contribution in [0.15, 0.2) is 49.6 Å². The van der Waals surface area contributed by atoms with E-state index in [2.05, 4.69) is 47.8 Å². The number of ether oxygens (including phenoxy) is 1. The van der Waals surface area contributed by atoms with Crippen molar-refractivity contribution in [2.75, 3.05) is 12.4 Å². The number of sulfonamides is 1. The fourth-order valence-electron chi connectivity index (χ4n) is 7.27. The molecule has 202 valence electrons. The topological polar surface area (TPSA) is 80.8 Å². The highest BCUT2D eigenvalue weighted by Crippen LogP contribution is 2.70. The molecule has 2 saturated carbocycles. The SMILES string of the molecule is C=CCC(C)(C)[C@@](C)(C=C)CCOC(=O)c1ccccc1C(=O)N1[C@@H]2C[C@H]3CC[C@]2(CS1(=O)=O)C3(C)C. The van der Waals surface area contributed by atoms with Crippen molar-refractivity contribution in [1.29, 1.82) is 0 Å². The van der Waals surface area contributed by atoms with Crippen molar-refractivity contribution in [1.82, 2.24) is 4.31 Å². The van der Waals surface area contributed by atoms with Crippen LogP contribution in [0.4, 0.5) is 0 Å². The van der Waals surface area contributed by atoms with Gasteiger partial charge in [-0.2, -0.15) is 0 Å². The summed E-state index contributed by atoms with van der Waals surface area (Å²) in [5, 5.41) is 0. The zero-order valence-corrected chi connectivity index (χ0v) is 23.7. The third kappa shape index (κ3) is 4.08. The number of carbonyl (C=O) groups excluding carboxylic acids is 2. The molecule has 3 fully saturated rings. The van der Waals surface area contributed by atoms with Crippen LogP contribution in [-0.4, -0.2) is 43.0 Å². The quantitative estimate of drug-likeness (QED) is 0.290. The summed E-state index contributed by atoms with van der Waals surface area (Å²) in [4.78, 5) is 27.0.